The summed E-state index contributed by atoms with van der Waals surface area (Å²) in [7, 11) is 1.68. The molecule has 0 fully saturated rings. The number of anilines is 1. The maximum absolute atomic E-state index is 12.4. The van der Waals surface area contributed by atoms with Crippen molar-refractivity contribution in [1.82, 2.24) is 29.4 Å². The van der Waals surface area contributed by atoms with Crippen molar-refractivity contribution in [3.8, 4) is 0 Å². The number of carbonyl (C=O) groups is 1. The summed E-state index contributed by atoms with van der Waals surface area (Å²) in [6.45, 7) is 2.01. The lowest BCUT2D eigenvalue weighted by Gasteiger charge is -2.04. The van der Waals surface area contributed by atoms with Gasteiger partial charge >= 0.3 is 6.09 Å². The van der Waals surface area contributed by atoms with E-state index in [9.17, 15) is 9.59 Å². The van der Waals surface area contributed by atoms with Crippen LogP contribution in [0.15, 0.2) is 20.6 Å². The first-order valence-electron chi connectivity index (χ1n) is 7.78. The van der Waals surface area contributed by atoms with Crippen LogP contribution in [0.25, 0.3) is 16.0 Å². The number of nitrogens with zero attached hydrogens (tertiary/aromatic N) is 6. The molecule has 4 rings (SSSR count). The first-order chi connectivity index (χ1) is 13.1. The third-order valence-electron chi connectivity index (χ3n) is 3.61. The molecule has 27 heavy (non-hydrogen) atoms. The van der Waals surface area contributed by atoms with E-state index in [1.165, 1.54) is 39.0 Å². The molecule has 0 spiro atoms. The Balaban J connectivity index is 1.58. The summed E-state index contributed by atoms with van der Waals surface area (Å²) in [5.74, 6) is 1.67. The number of amides is 1. The molecule has 10 nitrogen and oxygen atoms in total. The van der Waals surface area contributed by atoms with E-state index in [0.717, 1.165) is 5.52 Å². The average molecular weight is 424 g/mol. The van der Waals surface area contributed by atoms with Gasteiger partial charge in [-0.15, -0.1) is 31.7 Å². The molecule has 140 valence electrons. The Labute approximate surface area is 164 Å². The third kappa shape index (κ3) is 3.28. The second-order valence-corrected chi connectivity index (χ2v) is 8.37. The highest BCUT2D eigenvalue weighted by atomic mass is 32.2. The fourth-order valence-electron chi connectivity index (χ4n) is 2.45. The molecule has 4 heterocycles. The Hall–Kier alpha value is -2.51. The number of thioether (sulfide) groups is 1. The number of aromatic nitrogens is 6. The van der Waals surface area contributed by atoms with Crippen LogP contribution in [-0.4, -0.2) is 42.1 Å². The van der Waals surface area contributed by atoms with Crippen molar-refractivity contribution in [1.29, 1.82) is 0 Å². The highest BCUT2D eigenvalue weighted by molar-refractivity contribution is 8.00. The predicted octanol–water partition coefficient (Wildman–Crippen LogP) is 2.35. The Morgan fingerprint density at radius 2 is 2.19 bits per heavy atom. The van der Waals surface area contributed by atoms with Crippen molar-refractivity contribution in [2.24, 2.45) is 7.05 Å². The van der Waals surface area contributed by atoms with E-state index in [4.69, 9.17) is 4.74 Å². The molecule has 13 heteroatoms. The number of carbonyl (C=O) groups excluding carboxylic acids is 1. The van der Waals surface area contributed by atoms with Crippen molar-refractivity contribution < 1.29 is 9.53 Å². The van der Waals surface area contributed by atoms with Crippen molar-refractivity contribution in [2.45, 2.75) is 17.0 Å². The number of ether oxygens (including phenoxy) is 1. The Morgan fingerprint density at radius 3 is 3.00 bits per heavy atom. The normalized spacial score (nSPS) is 11.3. The molecule has 1 N–H and O–H groups in total. The topological polar surface area (TPSA) is 116 Å². The summed E-state index contributed by atoms with van der Waals surface area (Å²) < 4.78 is 9.51. The van der Waals surface area contributed by atoms with Crippen LogP contribution < -0.4 is 10.9 Å². The van der Waals surface area contributed by atoms with Gasteiger partial charge in [0.05, 0.1) is 17.9 Å². The molecule has 1 amide bonds. The monoisotopic (exact) mass is 423 g/mol. The van der Waals surface area contributed by atoms with Crippen molar-refractivity contribution >= 4 is 61.7 Å². The van der Waals surface area contributed by atoms with E-state index in [2.05, 4.69) is 25.7 Å². The first-order valence-corrected chi connectivity index (χ1v) is 10.5. The van der Waals surface area contributed by atoms with E-state index < -0.39 is 6.09 Å². The van der Waals surface area contributed by atoms with Gasteiger partial charge in [0.2, 0.25) is 10.9 Å². The van der Waals surface area contributed by atoms with Crippen LogP contribution in [0.2, 0.25) is 0 Å². The molecule has 0 saturated carbocycles. The number of aryl methyl sites for hydroxylation is 1. The van der Waals surface area contributed by atoms with Crippen LogP contribution >= 0.6 is 34.4 Å². The smallest absolute Gasteiger partial charge is 0.413 e. The van der Waals surface area contributed by atoms with Crippen LogP contribution in [0.1, 0.15) is 12.7 Å². The maximum Gasteiger partial charge on any atom is 0.413 e. The largest absolute Gasteiger partial charge is 0.450 e. The molecular weight excluding hydrogens is 410 g/mol. The Morgan fingerprint density at radius 1 is 1.33 bits per heavy atom. The van der Waals surface area contributed by atoms with Gasteiger partial charge in [-0.25, -0.2) is 4.79 Å². The summed E-state index contributed by atoms with van der Waals surface area (Å²) in [6, 6.07) is 1.89. The van der Waals surface area contributed by atoms with Gasteiger partial charge in [-0.05, 0) is 18.4 Å². The molecule has 0 bridgehead atoms. The minimum absolute atomic E-state index is 0.0853. The number of hydrogen-bond donors (Lipinski definition) is 1. The molecule has 0 aliphatic rings. The number of hydrogen-bond acceptors (Lipinski definition) is 10. The van der Waals surface area contributed by atoms with Crippen LogP contribution in [0.3, 0.4) is 0 Å². The van der Waals surface area contributed by atoms with Gasteiger partial charge in [-0.3, -0.25) is 19.1 Å². The molecule has 4 aromatic rings. The zero-order valence-corrected chi connectivity index (χ0v) is 16.7. The fraction of sp³-hybridized carbons (Fsp3) is 0.286. The van der Waals surface area contributed by atoms with Gasteiger partial charge in [0.1, 0.15) is 10.5 Å². The lowest BCUT2D eigenvalue weighted by molar-refractivity contribution is 0.168. The predicted molar refractivity (Wildman–Crippen MR) is 104 cm³/mol. The minimum atomic E-state index is -0.561. The van der Waals surface area contributed by atoms with Gasteiger partial charge in [0, 0.05) is 7.05 Å². The van der Waals surface area contributed by atoms with E-state index >= 15 is 0 Å². The number of rotatable bonds is 5. The zero-order valence-electron chi connectivity index (χ0n) is 14.2. The van der Waals surface area contributed by atoms with E-state index in [-0.39, 0.29) is 12.2 Å². The average Bonchev–Trinajstić information content (AvgIpc) is 3.37. The summed E-state index contributed by atoms with van der Waals surface area (Å²) in [4.78, 5) is 23.8. The van der Waals surface area contributed by atoms with Crippen LogP contribution in [0, 0.1) is 0 Å². The zero-order chi connectivity index (χ0) is 19.0. The molecule has 4 aromatic heterocycles. The van der Waals surface area contributed by atoms with Gasteiger partial charge in [-0.1, -0.05) is 23.1 Å². The van der Waals surface area contributed by atoms with E-state index in [1.807, 2.05) is 15.8 Å². The van der Waals surface area contributed by atoms with E-state index in [0.29, 0.717) is 31.5 Å². The second-order valence-electron chi connectivity index (χ2n) is 5.26. The number of nitrogens with one attached hydrogen (secondary N) is 1. The van der Waals surface area contributed by atoms with Gasteiger partial charge in [-0.2, -0.15) is 0 Å². The number of fused-ring (bicyclic) bond motifs is 3. The molecule has 0 saturated heterocycles. The van der Waals surface area contributed by atoms with Crippen molar-refractivity contribution in [3.63, 3.8) is 0 Å². The third-order valence-corrected chi connectivity index (χ3v) is 6.47. The Bertz CT molecular complexity index is 1190. The SMILES string of the molecule is CCOC(=O)Nc1nnc(SCc2nnc3n(C)c(=O)c4sccc4n23)s1. The van der Waals surface area contributed by atoms with Gasteiger partial charge in [0.15, 0.2) is 4.34 Å². The van der Waals surface area contributed by atoms with Crippen molar-refractivity contribution in [3.05, 3.63) is 27.6 Å². The minimum Gasteiger partial charge on any atom is -0.450 e. The lowest BCUT2D eigenvalue weighted by atomic mass is 10.4. The standard InChI is InChI=1S/C14H13N7O3S3/c1-3-24-13(23)15-11-17-19-14(27-11)26-6-8-16-18-12-20(2)10(22)9-7(21(8)12)4-5-25-9/h4-5H,3,6H2,1-2H3,(H,15,17,23). The number of thiophene rings is 1. The highest BCUT2D eigenvalue weighted by Gasteiger charge is 2.16. The molecule has 0 aliphatic heterocycles. The maximum atomic E-state index is 12.4. The van der Waals surface area contributed by atoms with E-state index in [1.54, 1.807) is 14.0 Å². The molecule has 0 unspecified atom stereocenters. The van der Waals surface area contributed by atoms with Crippen LogP contribution in [0.4, 0.5) is 9.93 Å². The molecule has 0 radical (unpaired) electrons. The molecular formula is C14H13N7O3S3. The lowest BCUT2D eigenvalue weighted by Crippen LogP contribution is -2.19. The van der Waals surface area contributed by atoms with Gasteiger partial charge < -0.3 is 4.74 Å². The Kier molecular flexibility index (Phi) is 4.80. The van der Waals surface area contributed by atoms with Gasteiger partial charge in [0.25, 0.3) is 5.56 Å². The molecule has 0 aromatic carbocycles. The summed E-state index contributed by atoms with van der Waals surface area (Å²) >= 11 is 4.06. The second kappa shape index (κ2) is 7.25. The quantitative estimate of drug-likeness (QED) is 0.384. The van der Waals surface area contributed by atoms with Crippen LogP contribution in [0.5, 0.6) is 0 Å². The first kappa shape index (κ1) is 17.9. The van der Waals surface area contributed by atoms with Crippen LogP contribution in [-0.2, 0) is 17.5 Å². The highest BCUT2D eigenvalue weighted by Crippen LogP contribution is 2.29. The molecule has 0 aliphatic carbocycles. The fourth-order valence-corrected chi connectivity index (χ4v) is 4.95. The summed E-state index contributed by atoms with van der Waals surface area (Å²) in [6.07, 6.45) is -0.561. The molecule has 0 atom stereocenters. The summed E-state index contributed by atoms with van der Waals surface area (Å²) in [5.41, 5.74) is 0.707. The summed E-state index contributed by atoms with van der Waals surface area (Å²) in [5, 5.41) is 21.1. The van der Waals surface area contributed by atoms with Crippen molar-refractivity contribution in [2.75, 3.05) is 11.9 Å².